The van der Waals surface area contributed by atoms with Gasteiger partial charge in [0.05, 0.1) is 13.2 Å². The molecule has 1 rings (SSSR count). The highest BCUT2D eigenvalue weighted by atomic mass is 127. The fraction of sp³-hybridized carbons (Fsp3) is 0.750. The topological polar surface area (TPSA) is 49.2 Å². The van der Waals surface area contributed by atoms with Crippen LogP contribution in [-0.2, 0) is 16.0 Å². The predicted molar refractivity (Wildman–Crippen MR) is 60.1 cm³/mol. The average molecular weight is 311 g/mol. The Kier molecular flexibility index (Phi) is 6.04. The third kappa shape index (κ3) is 4.87. The lowest BCUT2D eigenvalue weighted by molar-refractivity contribution is 0.0960. The quantitative estimate of drug-likeness (QED) is 0.555. The van der Waals surface area contributed by atoms with Gasteiger partial charge in [0.25, 0.3) is 0 Å². The molecule has 1 aromatic rings. The Morgan fingerprint density at radius 3 is 2.93 bits per heavy atom. The van der Waals surface area contributed by atoms with Crippen molar-refractivity contribution in [3.8, 4) is 0 Å². The van der Waals surface area contributed by atoms with Gasteiger partial charge in [0.15, 0.2) is 0 Å². The fourth-order valence-electron chi connectivity index (χ4n) is 0.945. The van der Waals surface area contributed by atoms with Crippen molar-refractivity contribution in [2.24, 2.45) is 0 Å². The molecule has 14 heavy (non-hydrogen) atoms. The van der Waals surface area contributed by atoms with E-state index in [1.807, 2.05) is 0 Å². The largest absolute Gasteiger partial charge is 0.385 e. The van der Waals surface area contributed by atoms with E-state index in [1.54, 1.807) is 18.1 Å². The SMILES string of the molecule is COCCCOCCn1cnc(I)n1. The molecule has 1 heterocycles. The third-order valence-electron chi connectivity index (χ3n) is 1.61. The van der Waals surface area contributed by atoms with E-state index in [9.17, 15) is 0 Å². The van der Waals surface area contributed by atoms with Gasteiger partial charge < -0.3 is 9.47 Å². The molecule has 5 nitrogen and oxygen atoms in total. The maximum atomic E-state index is 5.38. The predicted octanol–water partition coefficient (Wildman–Crippen LogP) is 0.936. The molecule has 80 valence electrons. The molecule has 0 saturated carbocycles. The molecule has 0 amide bonds. The molecule has 0 saturated heterocycles. The number of hydrogen-bond donors (Lipinski definition) is 0. The third-order valence-corrected chi connectivity index (χ3v) is 2.10. The zero-order chi connectivity index (χ0) is 10.2. The van der Waals surface area contributed by atoms with Gasteiger partial charge in [-0.05, 0) is 6.42 Å². The first-order valence-corrected chi connectivity index (χ1v) is 5.52. The number of rotatable bonds is 7. The van der Waals surface area contributed by atoms with E-state index < -0.39 is 0 Å². The smallest absolute Gasteiger partial charge is 0.211 e. The Morgan fingerprint density at radius 1 is 1.43 bits per heavy atom. The first-order chi connectivity index (χ1) is 6.83. The number of ether oxygens (including phenoxy) is 2. The molecular formula is C8H14IN3O2. The molecule has 0 aliphatic heterocycles. The summed E-state index contributed by atoms with van der Waals surface area (Å²) in [5.74, 6) is 0. The second-order valence-corrected chi connectivity index (χ2v) is 3.70. The van der Waals surface area contributed by atoms with Crippen molar-refractivity contribution in [3.05, 3.63) is 10.2 Å². The molecule has 0 fully saturated rings. The van der Waals surface area contributed by atoms with Crippen LogP contribution in [0.5, 0.6) is 0 Å². The lowest BCUT2D eigenvalue weighted by Crippen LogP contribution is -2.08. The van der Waals surface area contributed by atoms with Gasteiger partial charge in [-0.15, -0.1) is 5.10 Å². The number of aromatic nitrogens is 3. The minimum Gasteiger partial charge on any atom is -0.385 e. The lowest BCUT2D eigenvalue weighted by atomic mass is 10.5. The van der Waals surface area contributed by atoms with Crippen LogP contribution in [0.15, 0.2) is 6.33 Å². The molecular weight excluding hydrogens is 297 g/mol. The zero-order valence-electron chi connectivity index (χ0n) is 8.15. The highest BCUT2D eigenvalue weighted by molar-refractivity contribution is 14.1. The highest BCUT2D eigenvalue weighted by Crippen LogP contribution is 1.94. The van der Waals surface area contributed by atoms with Gasteiger partial charge in [-0.3, -0.25) is 0 Å². The second-order valence-electron chi connectivity index (χ2n) is 2.74. The summed E-state index contributed by atoms with van der Waals surface area (Å²) in [7, 11) is 1.69. The Morgan fingerprint density at radius 2 is 2.29 bits per heavy atom. The molecule has 0 aromatic carbocycles. The van der Waals surface area contributed by atoms with Crippen molar-refractivity contribution in [3.63, 3.8) is 0 Å². The van der Waals surface area contributed by atoms with Crippen LogP contribution >= 0.6 is 22.6 Å². The van der Waals surface area contributed by atoms with Crippen LogP contribution in [0.4, 0.5) is 0 Å². The van der Waals surface area contributed by atoms with Crippen LogP contribution in [0.2, 0.25) is 0 Å². The van der Waals surface area contributed by atoms with Crippen molar-refractivity contribution in [2.45, 2.75) is 13.0 Å². The van der Waals surface area contributed by atoms with E-state index in [2.05, 4.69) is 32.7 Å². The van der Waals surface area contributed by atoms with Gasteiger partial charge in [-0.25, -0.2) is 9.67 Å². The summed E-state index contributed by atoms with van der Waals surface area (Å²) in [4.78, 5) is 4.01. The minimum atomic E-state index is 0.670. The fourth-order valence-corrected chi connectivity index (χ4v) is 1.35. The maximum Gasteiger partial charge on any atom is 0.211 e. The summed E-state index contributed by atoms with van der Waals surface area (Å²) in [6.45, 7) is 2.91. The van der Waals surface area contributed by atoms with Crippen molar-refractivity contribution in [2.75, 3.05) is 26.9 Å². The van der Waals surface area contributed by atoms with Crippen LogP contribution < -0.4 is 0 Å². The van der Waals surface area contributed by atoms with Crippen molar-refractivity contribution in [1.29, 1.82) is 0 Å². The van der Waals surface area contributed by atoms with Gasteiger partial charge in [0.2, 0.25) is 3.83 Å². The Balaban J connectivity index is 1.99. The summed E-state index contributed by atoms with van der Waals surface area (Å²) in [5, 5.41) is 4.13. The van der Waals surface area contributed by atoms with Crippen molar-refractivity contribution in [1.82, 2.24) is 14.8 Å². The molecule has 0 unspecified atom stereocenters. The molecule has 0 radical (unpaired) electrons. The summed E-state index contributed by atoms with van der Waals surface area (Å²) in [5.41, 5.74) is 0. The minimum absolute atomic E-state index is 0.670. The Hall–Kier alpha value is -0.210. The summed E-state index contributed by atoms with van der Waals surface area (Å²) in [6, 6.07) is 0. The van der Waals surface area contributed by atoms with Gasteiger partial charge in [-0.2, -0.15) is 0 Å². The van der Waals surface area contributed by atoms with Gasteiger partial charge in [0, 0.05) is 42.9 Å². The van der Waals surface area contributed by atoms with E-state index in [1.165, 1.54) is 0 Å². The molecule has 0 bridgehead atoms. The number of halogens is 1. The molecule has 0 aliphatic rings. The lowest BCUT2D eigenvalue weighted by Gasteiger charge is -2.03. The van der Waals surface area contributed by atoms with E-state index in [-0.39, 0.29) is 0 Å². The van der Waals surface area contributed by atoms with Crippen LogP contribution in [0.1, 0.15) is 6.42 Å². The number of hydrogen-bond acceptors (Lipinski definition) is 4. The number of methoxy groups -OCH3 is 1. The highest BCUT2D eigenvalue weighted by Gasteiger charge is 1.95. The average Bonchev–Trinajstić information content (AvgIpc) is 2.58. The normalized spacial score (nSPS) is 10.7. The Labute approximate surface area is 96.9 Å². The Bertz CT molecular complexity index is 254. The van der Waals surface area contributed by atoms with E-state index in [0.717, 1.165) is 30.0 Å². The van der Waals surface area contributed by atoms with Crippen molar-refractivity contribution >= 4 is 22.6 Å². The van der Waals surface area contributed by atoms with Gasteiger partial charge in [0.1, 0.15) is 6.33 Å². The standard InChI is InChI=1S/C8H14IN3O2/c1-13-4-2-5-14-6-3-12-7-10-8(9)11-12/h7H,2-6H2,1H3. The van der Waals surface area contributed by atoms with Gasteiger partial charge >= 0.3 is 0 Å². The molecule has 0 atom stereocenters. The second kappa shape index (κ2) is 7.13. The molecule has 1 aromatic heterocycles. The van der Waals surface area contributed by atoms with Crippen LogP contribution in [-0.4, -0.2) is 41.7 Å². The zero-order valence-corrected chi connectivity index (χ0v) is 10.3. The molecule has 6 heteroatoms. The first kappa shape index (κ1) is 11.9. The van der Waals surface area contributed by atoms with E-state index in [4.69, 9.17) is 9.47 Å². The van der Waals surface area contributed by atoms with E-state index in [0.29, 0.717) is 6.61 Å². The van der Waals surface area contributed by atoms with Crippen molar-refractivity contribution < 1.29 is 9.47 Å². The monoisotopic (exact) mass is 311 g/mol. The van der Waals surface area contributed by atoms with E-state index >= 15 is 0 Å². The van der Waals surface area contributed by atoms with Crippen LogP contribution in [0.3, 0.4) is 0 Å². The van der Waals surface area contributed by atoms with Crippen LogP contribution in [0.25, 0.3) is 0 Å². The molecule has 0 spiro atoms. The number of nitrogens with zero attached hydrogens (tertiary/aromatic N) is 3. The maximum absolute atomic E-state index is 5.38. The summed E-state index contributed by atoms with van der Waals surface area (Å²) >= 11 is 2.08. The summed E-state index contributed by atoms with van der Waals surface area (Å²) in [6.07, 6.45) is 2.64. The van der Waals surface area contributed by atoms with Gasteiger partial charge in [-0.1, -0.05) is 0 Å². The molecule has 0 aliphatic carbocycles. The molecule has 0 N–H and O–H groups in total. The summed E-state index contributed by atoms with van der Waals surface area (Å²) < 4.78 is 12.8. The first-order valence-electron chi connectivity index (χ1n) is 4.44. The van der Waals surface area contributed by atoms with Crippen LogP contribution in [0, 0.1) is 3.83 Å².